The number of rotatable bonds is 2. The second-order valence-corrected chi connectivity index (χ2v) is 6.42. The summed E-state index contributed by atoms with van der Waals surface area (Å²) in [6.07, 6.45) is 3.20. The van der Waals surface area contributed by atoms with Crippen LogP contribution in [-0.4, -0.2) is 5.11 Å². The molecule has 20 heavy (non-hydrogen) atoms. The molecule has 2 aromatic rings. The Labute approximate surface area is 131 Å². The maximum absolute atomic E-state index is 9.60. The van der Waals surface area contributed by atoms with Crippen LogP contribution >= 0.6 is 27.5 Å². The van der Waals surface area contributed by atoms with Crippen molar-refractivity contribution in [3.8, 4) is 5.75 Å². The number of anilines is 1. The SMILES string of the molecule is Oc1ccc2c(c1)CCCC2Nc1cc(Br)ccc1Cl. The Balaban J connectivity index is 1.91. The van der Waals surface area contributed by atoms with E-state index in [9.17, 15) is 5.11 Å². The van der Waals surface area contributed by atoms with Gasteiger partial charge in [0.1, 0.15) is 5.75 Å². The van der Waals surface area contributed by atoms with Crippen LogP contribution in [0.4, 0.5) is 5.69 Å². The van der Waals surface area contributed by atoms with E-state index in [1.807, 2.05) is 30.3 Å². The van der Waals surface area contributed by atoms with Gasteiger partial charge in [-0.1, -0.05) is 33.6 Å². The lowest BCUT2D eigenvalue weighted by molar-refractivity contribution is 0.472. The molecule has 0 aliphatic heterocycles. The quantitative estimate of drug-likeness (QED) is 0.769. The molecule has 0 spiro atoms. The van der Waals surface area contributed by atoms with E-state index >= 15 is 0 Å². The summed E-state index contributed by atoms with van der Waals surface area (Å²) in [5.41, 5.74) is 3.41. The normalized spacial score (nSPS) is 17.6. The fourth-order valence-electron chi connectivity index (χ4n) is 2.75. The summed E-state index contributed by atoms with van der Waals surface area (Å²) in [4.78, 5) is 0. The Kier molecular flexibility index (Phi) is 3.90. The molecule has 4 heteroatoms. The first-order valence-corrected chi connectivity index (χ1v) is 7.84. The Hall–Kier alpha value is -1.19. The van der Waals surface area contributed by atoms with Crippen molar-refractivity contribution in [1.82, 2.24) is 0 Å². The predicted octanol–water partition coefficient (Wildman–Crippen LogP) is 5.30. The molecule has 1 aliphatic rings. The van der Waals surface area contributed by atoms with Gasteiger partial charge in [0.2, 0.25) is 0 Å². The highest BCUT2D eigenvalue weighted by molar-refractivity contribution is 9.10. The van der Waals surface area contributed by atoms with Crippen LogP contribution in [0.3, 0.4) is 0 Å². The summed E-state index contributed by atoms with van der Waals surface area (Å²) in [5.74, 6) is 0.338. The largest absolute Gasteiger partial charge is 0.508 e. The molecular weight excluding hydrogens is 338 g/mol. The van der Waals surface area contributed by atoms with Crippen molar-refractivity contribution in [2.75, 3.05) is 5.32 Å². The van der Waals surface area contributed by atoms with E-state index in [1.165, 1.54) is 11.1 Å². The molecule has 0 saturated carbocycles. The number of phenolic OH excluding ortho intramolecular Hbond substituents is 1. The van der Waals surface area contributed by atoms with Gasteiger partial charge in [0.15, 0.2) is 0 Å². The molecule has 2 nitrogen and oxygen atoms in total. The van der Waals surface area contributed by atoms with E-state index in [-0.39, 0.29) is 6.04 Å². The maximum Gasteiger partial charge on any atom is 0.115 e. The molecular formula is C16H15BrClNO. The van der Waals surface area contributed by atoms with Gasteiger partial charge in [0.25, 0.3) is 0 Å². The predicted molar refractivity (Wildman–Crippen MR) is 86.6 cm³/mol. The second kappa shape index (κ2) is 5.66. The van der Waals surface area contributed by atoms with Gasteiger partial charge >= 0.3 is 0 Å². The monoisotopic (exact) mass is 351 g/mol. The van der Waals surface area contributed by atoms with Crippen molar-refractivity contribution in [2.45, 2.75) is 25.3 Å². The topological polar surface area (TPSA) is 32.3 Å². The lowest BCUT2D eigenvalue weighted by Crippen LogP contribution is -2.17. The van der Waals surface area contributed by atoms with Gasteiger partial charge in [-0.05, 0) is 60.7 Å². The third-order valence-corrected chi connectivity index (χ3v) is 4.52. The number of hydrogen-bond donors (Lipinski definition) is 2. The van der Waals surface area contributed by atoms with Crippen LogP contribution in [0.1, 0.15) is 30.0 Å². The number of fused-ring (bicyclic) bond motifs is 1. The van der Waals surface area contributed by atoms with Gasteiger partial charge in [-0.2, -0.15) is 0 Å². The van der Waals surface area contributed by atoms with Gasteiger partial charge in [-0.15, -0.1) is 0 Å². The Morgan fingerprint density at radius 2 is 2.05 bits per heavy atom. The van der Waals surface area contributed by atoms with Gasteiger partial charge in [0.05, 0.1) is 16.8 Å². The van der Waals surface area contributed by atoms with E-state index in [1.54, 1.807) is 6.07 Å². The first-order valence-electron chi connectivity index (χ1n) is 6.67. The number of phenols is 1. The van der Waals surface area contributed by atoms with Crippen LogP contribution in [-0.2, 0) is 6.42 Å². The maximum atomic E-state index is 9.60. The smallest absolute Gasteiger partial charge is 0.115 e. The lowest BCUT2D eigenvalue weighted by Gasteiger charge is -2.27. The first kappa shape index (κ1) is 13.8. The van der Waals surface area contributed by atoms with E-state index < -0.39 is 0 Å². The van der Waals surface area contributed by atoms with Crippen LogP contribution in [0.25, 0.3) is 0 Å². The highest BCUT2D eigenvalue weighted by Gasteiger charge is 2.21. The highest BCUT2D eigenvalue weighted by Crippen LogP contribution is 2.36. The zero-order chi connectivity index (χ0) is 14.1. The molecule has 0 saturated heterocycles. The van der Waals surface area contributed by atoms with Crippen LogP contribution < -0.4 is 5.32 Å². The Morgan fingerprint density at radius 1 is 1.20 bits per heavy atom. The van der Waals surface area contributed by atoms with Crippen LogP contribution in [0.2, 0.25) is 5.02 Å². The number of aromatic hydroxyl groups is 1. The average Bonchev–Trinajstić information content (AvgIpc) is 2.43. The van der Waals surface area contributed by atoms with Crippen molar-refractivity contribution in [3.63, 3.8) is 0 Å². The van der Waals surface area contributed by atoms with Crippen molar-refractivity contribution in [3.05, 3.63) is 57.0 Å². The summed E-state index contributed by atoms with van der Waals surface area (Å²) in [7, 11) is 0. The minimum atomic E-state index is 0.242. The first-order chi connectivity index (χ1) is 9.63. The Morgan fingerprint density at radius 3 is 2.90 bits per heavy atom. The van der Waals surface area contributed by atoms with E-state index in [0.29, 0.717) is 5.75 Å². The summed E-state index contributed by atoms with van der Waals surface area (Å²) in [5, 5.41) is 13.8. The molecule has 1 atom stereocenters. The summed E-state index contributed by atoms with van der Waals surface area (Å²) < 4.78 is 1.01. The van der Waals surface area contributed by atoms with E-state index in [4.69, 9.17) is 11.6 Å². The molecule has 2 N–H and O–H groups in total. The number of halogens is 2. The van der Waals surface area contributed by atoms with Crippen LogP contribution in [0.5, 0.6) is 5.75 Å². The summed E-state index contributed by atoms with van der Waals surface area (Å²) >= 11 is 9.72. The molecule has 0 bridgehead atoms. The van der Waals surface area contributed by atoms with Gasteiger partial charge < -0.3 is 10.4 Å². The van der Waals surface area contributed by atoms with Crippen molar-refractivity contribution < 1.29 is 5.11 Å². The molecule has 0 heterocycles. The molecule has 0 fully saturated rings. The van der Waals surface area contributed by atoms with Crippen molar-refractivity contribution in [1.29, 1.82) is 0 Å². The highest BCUT2D eigenvalue weighted by atomic mass is 79.9. The van der Waals surface area contributed by atoms with E-state index in [2.05, 4.69) is 21.2 Å². The van der Waals surface area contributed by atoms with E-state index in [0.717, 1.165) is 34.4 Å². The van der Waals surface area contributed by atoms with Crippen molar-refractivity contribution in [2.24, 2.45) is 0 Å². The molecule has 104 valence electrons. The number of aryl methyl sites for hydroxylation is 1. The molecule has 2 aromatic carbocycles. The fourth-order valence-corrected chi connectivity index (χ4v) is 3.28. The molecule has 1 unspecified atom stereocenters. The van der Waals surface area contributed by atoms with Gasteiger partial charge in [0, 0.05) is 4.47 Å². The second-order valence-electron chi connectivity index (χ2n) is 5.10. The number of nitrogens with one attached hydrogen (secondary N) is 1. The zero-order valence-electron chi connectivity index (χ0n) is 10.9. The molecule has 1 aliphatic carbocycles. The average molecular weight is 353 g/mol. The number of benzene rings is 2. The Bertz CT molecular complexity index is 644. The van der Waals surface area contributed by atoms with Gasteiger partial charge in [-0.3, -0.25) is 0 Å². The lowest BCUT2D eigenvalue weighted by atomic mass is 9.87. The van der Waals surface area contributed by atoms with Crippen molar-refractivity contribution >= 4 is 33.2 Å². The third-order valence-electron chi connectivity index (χ3n) is 3.70. The molecule has 0 aromatic heterocycles. The number of hydrogen-bond acceptors (Lipinski definition) is 2. The van der Waals surface area contributed by atoms with Crippen LogP contribution in [0.15, 0.2) is 40.9 Å². The minimum Gasteiger partial charge on any atom is -0.508 e. The standard InChI is InChI=1S/C16H15BrClNO/c17-11-4-7-14(18)16(9-11)19-15-3-1-2-10-8-12(20)5-6-13(10)15/h4-9,15,19-20H,1-3H2. The van der Waals surface area contributed by atoms with Crippen LogP contribution in [0, 0.1) is 0 Å². The molecule has 3 rings (SSSR count). The third kappa shape index (κ3) is 2.79. The molecule has 0 amide bonds. The zero-order valence-corrected chi connectivity index (χ0v) is 13.2. The summed E-state index contributed by atoms with van der Waals surface area (Å²) in [6.45, 7) is 0. The summed E-state index contributed by atoms with van der Waals surface area (Å²) in [6, 6.07) is 11.7. The van der Waals surface area contributed by atoms with Gasteiger partial charge in [-0.25, -0.2) is 0 Å². The fraction of sp³-hybridized carbons (Fsp3) is 0.250. The minimum absolute atomic E-state index is 0.242. The molecule has 0 radical (unpaired) electrons.